The molecule has 3 heteroatoms. The minimum atomic E-state index is -0.227. The molecule has 0 saturated heterocycles. The van der Waals surface area contributed by atoms with Crippen LogP contribution in [0.3, 0.4) is 0 Å². The van der Waals surface area contributed by atoms with E-state index in [1.54, 1.807) is 6.07 Å². The lowest BCUT2D eigenvalue weighted by atomic mass is 10.1. The van der Waals surface area contributed by atoms with Gasteiger partial charge in [-0.3, -0.25) is 0 Å². The monoisotopic (exact) mass is 257 g/mol. The van der Waals surface area contributed by atoms with Gasteiger partial charge in [-0.25, -0.2) is 4.39 Å². The lowest BCUT2D eigenvalue weighted by Gasteiger charge is -2.12. The van der Waals surface area contributed by atoms with Crippen LogP contribution in [0.4, 0.5) is 4.39 Å². The van der Waals surface area contributed by atoms with Gasteiger partial charge in [0.05, 0.1) is 6.61 Å². The number of rotatable bonds is 4. The van der Waals surface area contributed by atoms with E-state index in [0.29, 0.717) is 6.54 Å². The topological polar surface area (TPSA) is 32.3 Å². The quantitative estimate of drug-likeness (QED) is 0.857. The molecule has 18 heavy (non-hydrogen) atoms. The Morgan fingerprint density at radius 3 is 2.28 bits per heavy atom. The summed E-state index contributed by atoms with van der Waals surface area (Å²) in [6.07, 6.45) is 1.25. The van der Waals surface area contributed by atoms with Gasteiger partial charge < -0.3 is 10.4 Å². The molecule has 0 aliphatic rings. The largest absolute Gasteiger partial charge is 0.395 e. The van der Waals surface area contributed by atoms with E-state index in [4.69, 9.17) is 5.11 Å². The van der Waals surface area contributed by atoms with Crippen molar-refractivity contribution in [2.75, 3.05) is 13.2 Å². The molecule has 2 N–H and O–H groups in total. The fourth-order valence-electron chi connectivity index (χ4n) is 1.17. The molecular formula is C15H28FNO. The van der Waals surface area contributed by atoms with Gasteiger partial charge in [0.15, 0.2) is 0 Å². The van der Waals surface area contributed by atoms with Crippen LogP contribution in [0.25, 0.3) is 0 Å². The third-order valence-corrected chi connectivity index (χ3v) is 1.91. The fourth-order valence-corrected chi connectivity index (χ4v) is 1.17. The van der Waals surface area contributed by atoms with Crippen LogP contribution in [-0.2, 0) is 0 Å². The number of halogens is 1. The van der Waals surface area contributed by atoms with Crippen LogP contribution in [0.5, 0.6) is 0 Å². The van der Waals surface area contributed by atoms with E-state index in [2.05, 4.69) is 19.2 Å². The smallest absolute Gasteiger partial charge is 0.123 e. The van der Waals surface area contributed by atoms with Crippen molar-refractivity contribution >= 4 is 0 Å². The van der Waals surface area contributed by atoms with Gasteiger partial charge in [-0.2, -0.15) is 0 Å². The van der Waals surface area contributed by atoms with Crippen molar-refractivity contribution < 1.29 is 9.50 Å². The van der Waals surface area contributed by atoms with Gasteiger partial charge in [0.25, 0.3) is 0 Å². The van der Waals surface area contributed by atoms with Gasteiger partial charge in [0.2, 0.25) is 0 Å². The van der Waals surface area contributed by atoms with Crippen LogP contribution in [0.2, 0.25) is 0 Å². The van der Waals surface area contributed by atoms with Crippen molar-refractivity contribution in [2.24, 2.45) is 0 Å². The predicted molar refractivity (Wildman–Crippen MR) is 77.2 cm³/mol. The summed E-state index contributed by atoms with van der Waals surface area (Å²) in [5, 5.41) is 11.6. The first kappa shape index (κ1) is 19.4. The maximum atomic E-state index is 12.8. The molecular weight excluding hydrogens is 229 g/mol. The summed E-state index contributed by atoms with van der Waals surface area (Å²) >= 11 is 0. The lowest BCUT2D eigenvalue weighted by molar-refractivity contribution is 0.286. The molecule has 1 rings (SSSR count). The van der Waals surface area contributed by atoms with E-state index in [-0.39, 0.29) is 18.5 Å². The number of hydrogen-bond acceptors (Lipinski definition) is 2. The van der Waals surface area contributed by atoms with E-state index < -0.39 is 0 Å². The second kappa shape index (κ2) is 14.1. The average Bonchev–Trinajstić information content (AvgIpc) is 2.39. The highest BCUT2D eigenvalue weighted by atomic mass is 19.1. The Morgan fingerprint density at radius 1 is 1.28 bits per heavy atom. The third kappa shape index (κ3) is 10.2. The number of nitrogens with one attached hydrogen (secondary N) is 1. The number of benzene rings is 1. The van der Waals surface area contributed by atoms with Crippen molar-refractivity contribution in [1.29, 1.82) is 0 Å². The molecule has 1 unspecified atom stereocenters. The molecule has 0 fully saturated rings. The summed E-state index contributed by atoms with van der Waals surface area (Å²) in [5.41, 5.74) is 0.897. The zero-order valence-corrected chi connectivity index (χ0v) is 12.3. The Bertz CT molecular complexity index is 279. The van der Waals surface area contributed by atoms with Gasteiger partial charge in [-0.1, -0.05) is 46.2 Å². The molecule has 0 bridgehead atoms. The Morgan fingerprint density at radius 2 is 1.83 bits per heavy atom. The molecule has 0 amide bonds. The van der Waals surface area contributed by atoms with E-state index in [1.165, 1.54) is 18.6 Å². The first-order valence-corrected chi connectivity index (χ1v) is 6.75. The number of hydrogen-bond donors (Lipinski definition) is 2. The molecule has 0 aromatic heterocycles. The molecule has 2 nitrogen and oxygen atoms in total. The van der Waals surface area contributed by atoms with E-state index in [9.17, 15) is 4.39 Å². The normalized spacial score (nSPS) is 10.6. The van der Waals surface area contributed by atoms with E-state index >= 15 is 0 Å². The molecule has 106 valence electrons. The third-order valence-electron chi connectivity index (χ3n) is 1.91. The van der Waals surface area contributed by atoms with Gasteiger partial charge in [-0.15, -0.1) is 0 Å². The van der Waals surface area contributed by atoms with Crippen molar-refractivity contribution in [3.8, 4) is 0 Å². The molecule has 0 heterocycles. The highest BCUT2D eigenvalue weighted by molar-refractivity contribution is 5.19. The number of aliphatic hydroxyl groups excluding tert-OH is 1. The summed E-state index contributed by atoms with van der Waals surface area (Å²) in [6, 6.07) is 6.53. The van der Waals surface area contributed by atoms with Crippen LogP contribution >= 0.6 is 0 Å². The van der Waals surface area contributed by atoms with Crippen molar-refractivity contribution in [3.05, 3.63) is 35.6 Å². The second-order valence-corrected chi connectivity index (χ2v) is 3.66. The molecule has 1 atom stereocenters. The molecule has 0 radical (unpaired) electrons. The maximum absolute atomic E-state index is 12.8. The van der Waals surface area contributed by atoms with Crippen molar-refractivity contribution in [1.82, 2.24) is 5.32 Å². The highest BCUT2D eigenvalue weighted by Crippen LogP contribution is 2.12. The van der Waals surface area contributed by atoms with Crippen LogP contribution in [0, 0.1) is 5.82 Å². The molecule has 0 spiro atoms. The first-order chi connectivity index (χ1) is 8.65. The summed E-state index contributed by atoms with van der Waals surface area (Å²) in [4.78, 5) is 0. The van der Waals surface area contributed by atoms with Crippen molar-refractivity contribution in [3.63, 3.8) is 0 Å². The fraction of sp³-hybridized carbons (Fsp3) is 0.600. The predicted octanol–water partition coefficient (Wildman–Crippen LogP) is 3.91. The maximum Gasteiger partial charge on any atom is 0.123 e. The summed E-state index contributed by atoms with van der Waals surface area (Å²) < 4.78 is 12.8. The standard InChI is InChI=1S/C10H14FNO.C3H8.C2H6/c1-8(12-5-6-13)9-3-2-4-10(11)7-9;1-3-2;1-2/h2-4,7-8,12-13H,5-6H2,1H3;3H2,1-2H3;1-2H3. The van der Waals surface area contributed by atoms with Crippen LogP contribution in [-0.4, -0.2) is 18.3 Å². The average molecular weight is 257 g/mol. The zero-order valence-electron chi connectivity index (χ0n) is 12.3. The van der Waals surface area contributed by atoms with Crippen LogP contribution in [0.15, 0.2) is 24.3 Å². The summed E-state index contributed by atoms with van der Waals surface area (Å²) in [7, 11) is 0. The minimum absolute atomic E-state index is 0.0721. The van der Waals surface area contributed by atoms with Gasteiger partial charge >= 0.3 is 0 Å². The van der Waals surface area contributed by atoms with E-state index in [0.717, 1.165) is 5.56 Å². The zero-order chi connectivity index (χ0) is 14.4. The van der Waals surface area contributed by atoms with Gasteiger partial charge in [0.1, 0.15) is 5.82 Å². The van der Waals surface area contributed by atoms with E-state index in [1.807, 2.05) is 26.8 Å². The SMILES string of the molecule is CC.CC(NCCO)c1cccc(F)c1.CCC. The number of aliphatic hydroxyl groups is 1. The second-order valence-electron chi connectivity index (χ2n) is 3.66. The molecule has 1 aromatic rings. The van der Waals surface area contributed by atoms with Gasteiger partial charge in [-0.05, 0) is 24.6 Å². The molecule has 1 aromatic carbocycles. The molecule has 0 aliphatic heterocycles. The van der Waals surface area contributed by atoms with Crippen LogP contribution < -0.4 is 5.32 Å². The minimum Gasteiger partial charge on any atom is -0.395 e. The Labute approximate surface area is 111 Å². The van der Waals surface area contributed by atoms with Crippen LogP contribution in [0.1, 0.15) is 52.6 Å². The van der Waals surface area contributed by atoms with Crippen molar-refractivity contribution in [2.45, 2.75) is 47.1 Å². The summed E-state index contributed by atoms with van der Waals surface area (Å²) in [5.74, 6) is -0.227. The Kier molecular flexibility index (Phi) is 15.2. The first-order valence-electron chi connectivity index (χ1n) is 6.75. The Hall–Kier alpha value is -0.930. The lowest BCUT2D eigenvalue weighted by Crippen LogP contribution is -2.22. The molecule has 0 saturated carbocycles. The van der Waals surface area contributed by atoms with Gasteiger partial charge in [0, 0.05) is 12.6 Å². The Balaban J connectivity index is 0. The summed E-state index contributed by atoms with van der Waals surface area (Å²) in [6.45, 7) is 10.8. The molecule has 0 aliphatic carbocycles. The highest BCUT2D eigenvalue weighted by Gasteiger charge is 2.03.